The van der Waals surface area contributed by atoms with Gasteiger partial charge in [0.05, 0.1) is 18.8 Å². The average Bonchev–Trinajstić information content (AvgIpc) is 2.61. The molecule has 1 aromatic rings. The molecule has 0 bridgehead atoms. The summed E-state index contributed by atoms with van der Waals surface area (Å²) in [5, 5.41) is 52.7. The Balaban J connectivity index is 2.16. The van der Waals surface area contributed by atoms with Crippen LogP contribution in [0.25, 0.3) is 0 Å². The van der Waals surface area contributed by atoms with Crippen LogP contribution in [0.15, 0.2) is 30.3 Å². The van der Waals surface area contributed by atoms with E-state index in [4.69, 9.17) is 9.84 Å². The number of amides is 1. The van der Waals surface area contributed by atoms with E-state index in [1.165, 1.54) is 6.92 Å². The predicted octanol–water partition coefficient (Wildman–Crippen LogP) is -1.32. The van der Waals surface area contributed by atoms with E-state index in [1.807, 2.05) is 30.3 Å². The lowest BCUT2D eigenvalue weighted by molar-refractivity contribution is -0.303. The van der Waals surface area contributed by atoms with Gasteiger partial charge in [0, 0.05) is 19.8 Å². The molecular weight excluding hydrogens is 342 g/mol. The third-order valence-electron chi connectivity index (χ3n) is 4.59. The van der Waals surface area contributed by atoms with Crippen molar-refractivity contribution in [1.82, 2.24) is 5.32 Å². The second kappa shape index (κ2) is 8.90. The molecule has 1 aliphatic rings. The second-order valence-electron chi connectivity index (χ2n) is 6.75. The standard InChI is InChI=1S/C18H27NO7/c1-11(21)19-15-13(22)9-18(25,8-7-12-5-3-2-4-6-12)26-17(15)16(24)14(23)10-20/h2-6,13-17,20,22-25H,7-10H2,1H3,(H,19,21)/t13-,14+,15+,16+,17+,18+/m0/s1. The van der Waals surface area contributed by atoms with Gasteiger partial charge in [0.25, 0.3) is 0 Å². The van der Waals surface area contributed by atoms with E-state index in [2.05, 4.69) is 5.32 Å². The van der Waals surface area contributed by atoms with Gasteiger partial charge in [0.1, 0.15) is 18.3 Å². The molecule has 26 heavy (non-hydrogen) atoms. The zero-order chi connectivity index (χ0) is 19.3. The molecule has 146 valence electrons. The number of hydrogen-bond acceptors (Lipinski definition) is 7. The highest BCUT2D eigenvalue weighted by atomic mass is 16.6. The Hall–Kier alpha value is -1.55. The Morgan fingerprint density at radius 3 is 2.58 bits per heavy atom. The minimum Gasteiger partial charge on any atom is -0.394 e. The van der Waals surface area contributed by atoms with Crippen molar-refractivity contribution >= 4 is 5.91 Å². The molecule has 0 aliphatic carbocycles. The predicted molar refractivity (Wildman–Crippen MR) is 91.9 cm³/mol. The summed E-state index contributed by atoms with van der Waals surface area (Å²) in [5.74, 6) is -2.20. The van der Waals surface area contributed by atoms with Crippen molar-refractivity contribution in [2.24, 2.45) is 0 Å². The zero-order valence-electron chi connectivity index (χ0n) is 14.7. The van der Waals surface area contributed by atoms with Gasteiger partial charge >= 0.3 is 0 Å². The summed E-state index contributed by atoms with van der Waals surface area (Å²) in [4.78, 5) is 11.4. The number of benzene rings is 1. The lowest BCUT2D eigenvalue weighted by Crippen LogP contribution is -2.65. The minimum atomic E-state index is -1.74. The number of aliphatic hydroxyl groups is 5. The topological polar surface area (TPSA) is 139 Å². The van der Waals surface area contributed by atoms with Crippen LogP contribution in [0.3, 0.4) is 0 Å². The van der Waals surface area contributed by atoms with Crippen molar-refractivity contribution < 1.29 is 35.1 Å². The highest BCUT2D eigenvalue weighted by molar-refractivity contribution is 5.73. The molecular formula is C18H27NO7. The number of hydrogen-bond donors (Lipinski definition) is 6. The van der Waals surface area contributed by atoms with Crippen LogP contribution in [0.4, 0.5) is 0 Å². The van der Waals surface area contributed by atoms with Gasteiger partial charge in [-0.2, -0.15) is 0 Å². The van der Waals surface area contributed by atoms with E-state index in [0.29, 0.717) is 6.42 Å². The van der Waals surface area contributed by atoms with Gasteiger partial charge in [-0.1, -0.05) is 30.3 Å². The maximum absolute atomic E-state index is 11.4. The molecule has 0 radical (unpaired) electrons. The number of ether oxygens (including phenoxy) is 1. The molecule has 2 rings (SSSR count). The summed E-state index contributed by atoms with van der Waals surface area (Å²) in [5.41, 5.74) is 0.968. The Bertz CT molecular complexity index is 584. The molecule has 6 atom stereocenters. The molecule has 0 saturated carbocycles. The van der Waals surface area contributed by atoms with E-state index in [0.717, 1.165) is 5.56 Å². The summed E-state index contributed by atoms with van der Waals surface area (Å²) in [6, 6.07) is 8.37. The highest BCUT2D eigenvalue weighted by Crippen LogP contribution is 2.33. The normalized spacial score (nSPS) is 31.2. The van der Waals surface area contributed by atoms with Gasteiger partial charge in [0.15, 0.2) is 5.79 Å². The molecule has 1 heterocycles. The van der Waals surface area contributed by atoms with E-state index in [1.54, 1.807) is 0 Å². The molecule has 1 saturated heterocycles. The van der Waals surface area contributed by atoms with E-state index >= 15 is 0 Å². The van der Waals surface area contributed by atoms with Gasteiger partial charge < -0.3 is 35.6 Å². The number of nitrogens with one attached hydrogen (secondary N) is 1. The van der Waals surface area contributed by atoms with Crippen molar-refractivity contribution in [3.63, 3.8) is 0 Å². The summed E-state index contributed by atoms with van der Waals surface area (Å²) in [7, 11) is 0. The van der Waals surface area contributed by atoms with Crippen LogP contribution in [0.1, 0.15) is 25.3 Å². The molecule has 0 unspecified atom stereocenters. The van der Waals surface area contributed by atoms with Crippen molar-refractivity contribution in [3.05, 3.63) is 35.9 Å². The monoisotopic (exact) mass is 369 g/mol. The van der Waals surface area contributed by atoms with Gasteiger partial charge in [0.2, 0.25) is 5.91 Å². The molecule has 0 aromatic heterocycles. The summed E-state index contributed by atoms with van der Waals surface area (Å²) < 4.78 is 5.62. The van der Waals surface area contributed by atoms with E-state index in [-0.39, 0.29) is 12.8 Å². The Morgan fingerprint density at radius 1 is 1.35 bits per heavy atom. The van der Waals surface area contributed by atoms with Crippen LogP contribution >= 0.6 is 0 Å². The minimum absolute atomic E-state index is 0.152. The Labute approximate surface area is 152 Å². The lowest BCUT2D eigenvalue weighted by Gasteiger charge is -2.46. The van der Waals surface area contributed by atoms with Crippen LogP contribution in [0, 0.1) is 0 Å². The second-order valence-corrected chi connectivity index (χ2v) is 6.75. The van der Waals surface area contributed by atoms with Crippen LogP contribution in [-0.2, 0) is 16.0 Å². The van der Waals surface area contributed by atoms with Crippen molar-refractivity contribution in [2.45, 2.75) is 62.4 Å². The first-order valence-electron chi connectivity index (χ1n) is 8.62. The number of rotatable bonds is 7. The number of aliphatic hydroxyl groups excluding tert-OH is 4. The summed E-state index contributed by atoms with van der Waals surface area (Å²) in [6.45, 7) is 0.515. The van der Waals surface area contributed by atoms with Crippen LogP contribution < -0.4 is 5.32 Å². The van der Waals surface area contributed by atoms with Crippen LogP contribution in [0.5, 0.6) is 0 Å². The fraction of sp³-hybridized carbons (Fsp3) is 0.611. The number of aryl methyl sites for hydroxylation is 1. The third kappa shape index (κ3) is 5.23. The maximum atomic E-state index is 11.4. The first-order valence-corrected chi connectivity index (χ1v) is 8.62. The average molecular weight is 369 g/mol. The fourth-order valence-corrected chi connectivity index (χ4v) is 3.21. The zero-order valence-corrected chi connectivity index (χ0v) is 14.7. The molecule has 6 N–H and O–H groups in total. The molecule has 1 amide bonds. The highest BCUT2D eigenvalue weighted by Gasteiger charge is 2.49. The van der Waals surface area contributed by atoms with Gasteiger partial charge in [-0.15, -0.1) is 0 Å². The molecule has 8 heteroatoms. The van der Waals surface area contributed by atoms with E-state index < -0.39 is 48.8 Å². The number of carbonyl (C=O) groups excluding carboxylic acids is 1. The first-order chi connectivity index (χ1) is 12.3. The van der Waals surface area contributed by atoms with Gasteiger partial charge in [-0.25, -0.2) is 0 Å². The third-order valence-corrected chi connectivity index (χ3v) is 4.59. The molecule has 1 fully saturated rings. The van der Waals surface area contributed by atoms with Crippen molar-refractivity contribution in [2.75, 3.05) is 6.61 Å². The maximum Gasteiger partial charge on any atom is 0.217 e. The van der Waals surface area contributed by atoms with Crippen molar-refractivity contribution in [1.29, 1.82) is 0 Å². The van der Waals surface area contributed by atoms with E-state index in [9.17, 15) is 25.2 Å². The van der Waals surface area contributed by atoms with Gasteiger partial charge in [-0.3, -0.25) is 4.79 Å². The fourth-order valence-electron chi connectivity index (χ4n) is 3.21. The quantitative estimate of drug-likeness (QED) is 0.350. The van der Waals surface area contributed by atoms with Crippen LogP contribution in [-0.4, -0.2) is 74.3 Å². The van der Waals surface area contributed by atoms with Gasteiger partial charge in [-0.05, 0) is 12.0 Å². The molecule has 1 aliphatic heterocycles. The SMILES string of the molecule is CC(=O)N[C@H]1[C@H]([C@H](O)[C@H](O)CO)O[C@](O)(CCc2ccccc2)C[C@@H]1O. The summed E-state index contributed by atoms with van der Waals surface area (Å²) >= 11 is 0. The molecule has 1 aromatic carbocycles. The van der Waals surface area contributed by atoms with Crippen molar-refractivity contribution in [3.8, 4) is 0 Å². The first kappa shape index (κ1) is 20.8. The molecule has 8 nitrogen and oxygen atoms in total. The summed E-state index contributed by atoms with van der Waals surface area (Å²) in [6.07, 6.45) is -5.16. The largest absolute Gasteiger partial charge is 0.394 e. The molecule has 0 spiro atoms. The lowest BCUT2D eigenvalue weighted by atomic mass is 9.86. The van der Waals surface area contributed by atoms with Crippen LogP contribution in [0.2, 0.25) is 0 Å². The smallest absolute Gasteiger partial charge is 0.217 e. The Morgan fingerprint density at radius 2 is 2.00 bits per heavy atom. The number of carbonyl (C=O) groups is 1. The Kier molecular flexibility index (Phi) is 7.10.